The van der Waals surface area contributed by atoms with Crippen molar-refractivity contribution in [1.29, 1.82) is 0 Å². The first-order chi connectivity index (χ1) is 10.5. The quantitative estimate of drug-likeness (QED) is 0.614. The topological polar surface area (TPSA) is 59.3 Å². The second-order valence-corrected chi connectivity index (χ2v) is 6.39. The molecule has 0 fully saturated rings. The maximum atomic E-state index is 11.1. The van der Waals surface area contributed by atoms with Crippen molar-refractivity contribution < 1.29 is 4.79 Å². The summed E-state index contributed by atoms with van der Waals surface area (Å²) in [5.74, 6) is 1.71. The third-order valence-corrected chi connectivity index (χ3v) is 4.20. The average molecular weight is 323 g/mol. The van der Waals surface area contributed by atoms with Crippen LogP contribution in [0.2, 0.25) is 5.15 Å². The lowest BCUT2D eigenvalue weighted by Crippen LogP contribution is -2.14. The summed E-state index contributed by atoms with van der Waals surface area (Å²) in [6, 6.07) is 0. The zero-order valence-electron chi connectivity index (χ0n) is 13.6. The Labute approximate surface area is 136 Å². The molecule has 2 aromatic heterocycles. The third-order valence-electron chi connectivity index (χ3n) is 3.91. The Morgan fingerprint density at radius 1 is 1.41 bits per heavy atom. The molecule has 6 heteroatoms. The number of halogens is 1. The molecule has 0 aliphatic heterocycles. The second-order valence-electron chi connectivity index (χ2n) is 6.04. The van der Waals surface area contributed by atoms with Gasteiger partial charge in [-0.05, 0) is 24.7 Å². The van der Waals surface area contributed by atoms with Crippen molar-refractivity contribution in [3.8, 4) is 0 Å². The fourth-order valence-corrected chi connectivity index (χ4v) is 2.72. The van der Waals surface area contributed by atoms with E-state index in [9.17, 15) is 4.79 Å². The fourth-order valence-electron chi connectivity index (χ4n) is 2.37. The van der Waals surface area contributed by atoms with E-state index in [0.29, 0.717) is 22.3 Å². The minimum Gasteiger partial charge on any atom is -0.370 e. The van der Waals surface area contributed by atoms with Gasteiger partial charge in [0.2, 0.25) is 0 Å². The van der Waals surface area contributed by atoms with Gasteiger partial charge in [0.05, 0.1) is 11.8 Å². The molecule has 0 amide bonds. The summed E-state index contributed by atoms with van der Waals surface area (Å²) < 4.78 is 1.69. The number of nitrogens with one attached hydrogen (secondary N) is 1. The number of rotatable bonds is 7. The van der Waals surface area contributed by atoms with Gasteiger partial charge in [0, 0.05) is 12.1 Å². The Balaban J connectivity index is 2.54. The van der Waals surface area contributed by atoms with Crippen molar-refractivity contribution in [2.45, 2.75) is 46.5 Å². The number of fused-ring (bicyclic) bond motifs is 1. The van der Waals surface area contributed by atoms with Crippen molar-refractivity contribution in [2.24, 2.45) is 5.92 Å². The first-order valence-electron chi connectivity index (χ1n) is 7.75. The average Bonchev–Trinajstić information content (AvgIpc) is 2.88. The van der Waals surface area contributed by atoms with Crippen LogP contribution >= 0.6 is 11.6 Å². The van der Waals surface area contributed by atoms with Crippen LogP contribution < -0.4 is 5.32 Å². The first kappa shape index (κ1) is 16.7. The Kier molecular flexibility index (Phi) is 5.40. The van der Waals surface area contributed by atoms with E-state index in [2.05, 4.69) is 43.1 Å². The number of anilines is 1. The van der Waals surface area contributed by atoms with Crippen molar-refractivity contribution in [1.82, 2.24) is 14.6 Å². The lowest BCUT2D eigenvalue weighted by atomic mass is 10.0. The molecule has 2 aromatic rings. The number of nitrogens with zero attached hydrogens (tertiary/aromatic N) is 3. The van der Waals surface area contributed by atoms with Crippen molar-refractivity contribution in [2.75, 3.05) is 11.9 Å². The van der Waals surface area contributed by atoms with E-state index in [1.54, 1.807) is 4.52 Å². The summed E-state index contributed by atoms with van der Waals surface area (Å²) >= 11 is 6.40. The standard InChI is InChI=1S/C16H23ClN4O/c1-5-11(4)13-14(17)20-15-12(9-22)8-19-21(15)16(13)18-7-6-10(2)3/h8-11,18H,5-7H2,1-4H3. The van der Waals surface area contributed by atoms with Crippen LogP contribution in [0, 0.1) is 5.92 Å². The van der Waals surface area contributed by atoms with Crippen molar-refractivity contribution in [3.63, 3.8) is 0 Å². The molecule has 0 aromatic carbocycles. The van der Waals surface area contributed by atoms with Crippen LogP contribution in [0.1, 0.15) is 62.4 Å². The monoisotopic (exact) mass is 322 g/mol. The van der Waals surface area contributed by atoms with Gasteiger partial charge in [0.25, 0.3) is 0 Å². The minimum absolute atomic E-state index is 0.259. The molecule has 2 heterocycles. The van der Waals surface area contributed by atoms with E-state index in [0.717, 1.165) is 37.1 Å². The number of aldehydes is 1. The van der Waals surface area contributed by atoms with E-state index >= 15 is 0 Å². The summed E-state index contributed by atoms with van der Waals surface area (Å²) in [5.41, 5.74) is 1.91. The number of aromatic nitrogens is 3. The maximum absolute atomic E-state index is 11.1. The lowest BCUT2D eigenvalue weighted by Gasteiger charge is -2.19. The zero-order valence-corrected chi connectivity index (χ0v) is 14.3. The highest BCUT2D eigenvalue weighted by atomic mass is 35.5. The highest BCUT2D eigenvalue weighted by molar-refractivity contribution is 6.30. The Morgan fingerprint density at radius 2 is 2.14 bits per heavy atom. The SMILES string of the molecule is CCC(C)c1c(Cl)nc2c(C=O)cnn2c1NCCC(C)C. The molecule has 2 rings (SSSR count). The fraction of sp³-hybridized carbons (Fsp3) is 0.562. The number of hydrogen-bond donors (Lipinski definition) is 1. The van der Waals surface area contributed by atoms with Gasteiger partial charge in [-0.15, -0.1) is 0 Å². The molecule has 0 spiro atoms. The Bertz CT molecular complexity index is 666. The number of carbonyl (C=O) groups is 1. The Morgan fingerprint density at radius 3 is 2.73 bits per heavy atom. The first-order valence-corrected chi connectivity index (χ1v) is 8.13. The molecule has 1 atom stereocenters. The molecule has 0 bridgehead atoms. The van der Waals surface area contributed by atoms with Gasteiger partial charge >= 0.3 is 0 Å². The molecule has 1 N–H and O–H groups in total. The van der Waals surface area contributed by atoms with E-state index in [1.807, 2.05) is 0 Å². The van der Waals surface area contributed by atoms with E-state index in [4.69, 9.17) is 11.6 Å². The highest BCUT2D eigenvalue weighted by Gasteiger charge is 2.20. The molecule has 0 aliphatic carbocycles. The predicted molar refractivity (Wildman–Crippen MR) is 90.0 cm³/mol. The lowest BCUT2D eigenvalue weighted by molar-refractivity contribution is 0.112. The molecule has 0 aliphatic rings. The summed E-state index contributed by atoms with van der Waals surface area (Å²) in [6.07, 6.45) is 4.28. The van der Waals surface area contributed by atoms with Crippen LogP contribution in [0.25, 0.3) is 5.65 Å². The van der Waals surface area contributed by atoms with Gasteiger partial charge < -0.3 is 5.32 Å². The van der Waals surface area contributed by atoms with Gasteiger partial charge in [0.1, 0.15) is 11.0 Å². The van der Waals surface area contributed by atoms with Crippen molar-refractivity contribution >= 4 is 29.4 Å². The number of hydrogen-bond acceptors (Lipinski definition) is 4. The van der Waals surface area contributed by atoms with E-state index in [-0.39, 0.29) is 5.92 Å². The molecular formula is C16H23ClN4O. The van der Waals surface area contributed by atoms with Gasteiger partial charge in [-0.25, -0.2) is 4.98 Å². The van der Waals surface area contributed by atoms with E-state index < -0.39 is 0 Å². The van der Waals surface area contributed by atoms with Crippen LogP contribution in [0.5, 0.6) is 0 Å². The molecule has 0 saturated heterocycles. The molecular weight excluding hydrogens is 300 g/mol. The molecule has 120 valence electrons. The van der Waals surface area contributed by atoms with Crippen LogP contribution in [-0.4, -0.2) is 27.4 Å². The van der Waals surface area contributed by atoms with Gasteiger partial charge in [-0.2, -0.15) is 9.61 Å². The van der Waals surface area contributed by atoms with Crippen molar-refractivity contribution in [3.05, 3.63) is 22.5 Å². The summed E-state index contributed by atoms with van der Waals surface area (Å²) in [7, 11) is 0. The Hall–Kier alpha value is -1.62. The molecule has 22 heavy (non-hydrogen) atoms. The predicted octanol–water partition coefficient (Wildman–Crippen LogP) is 4.17. The van der Waals surface area contributed by atoms with Gasteiger partial charge in [-0.1, -0.05) is 39.3 Å². The summed E-state index contributed by atoms with van der Waals surface area (Å²) in [4.78, 5) is 15.5. The van der Waals surface area contributed by atoms with Gasteiger partial charge in [0.15, 0.2) is 11.9 Å². The van der Waals surface area contributed by atoms with Crippen LogP contribution in [0.4, 0.5) is 5.82 Å². The third kappa shape index (κ3) is 3.24. The zero-order chi connectivity index (χ0) is 16.3. The summed E-state index contributed by atoms with van der Waals surface area (Å²) in [5, 5.41) is 8.19. The maximum Gasteiger partial charge on any atom is 0.169 e. The molecule has 0 saturated carbocycles. The van der Waals surface area contributed by atoms with E-state index in [1.165, 1.54) is 6.20 Å². The molecule has 0 radical (unpaired) electrons. The van der Waals surface area contributed by atoms with Crippen LogP contribution in [0.15, 0.2) is 6.20 Å². The molecule has 1 unspecified atom stereocenters. The number of carbonyl (C=O) groups excluding carboxylic acids is 1. The van der Waals surface area contributed by atoms with Crippen LogP contribution in [-0.2, 0) is 0 Å². The van der Waals surface area contributed by atoms with Gasteiger partial charge in [-0.3, -0.25) is 4.79 Å². The van der Waals surface area contributed by atoms with Crippen LogP contribution in [0.3, 0.4) is 0 Å². The normalized spacial score (nSPS) is 12.8. The molecule has 5 nitrogen and oxygen atoms in total. The smallest absolute Gasteiger partial charge is 0.169 e. The minimum atomic E-state index is 0.259. The summed E-state index contributed by atoms with van der Waals surface area (Å²) in [6.45, 7) is 9.43. The highest BCUT2D eigenvalue weighted by Crippen LogP contribution is 2.33. The second kappa shape index (κ2) is 7.09. The largest absolute Gasteiger partial charge is 0.370 e.